The molecule has 2 saturated heterocycles. The summed E-state index contributed by atoms with van der Waals surface area (Å²) in [6.45, 7) is 3.78. The van der Waals surface area contributed by atoms with Crippen LogP contribution in [0.1, 0.15) is 29.8 Å². The van der Waals surface area contributed by atoms with Crippen LogP contribution < -0.4 is 0 Å². The molecule has 2 fully saturated rings. The Hall–Kier alpha value is -1.86. The van der Waals surface area contributed by atoms with Crippen molar-refractivity contribution in [3.63, 3.8) is 0 Å². The Morgan fingerprint density at radius 1 is 1.17 bits per heavy atom. The van der Waals surface area contributed by atoms with Crippen molar-refractivity contribution in [2.24, 2.45) is 0 Å². The van der Waals surface area contributed by atoms with E-state index in [0.717, 1.165) is 19.6 Å². The monoisotopic (exact) mass is 329 g/mol. The number of hydrogen-bond acceptors (Lipinski definition) is 6. The molecule has 0 N–H and O–H groups in total. The van der Waals surface area contributed by atoms with E-state index in [1.807, 2.05) is 10.3 Å². The molecule has 4 heterocycles. The molecule has 120 valence electrons. The molecule has 2 aliphatic heterocycles. The lowest BCUT2D eigenvalue weighted by atomic mass is 9.99. The summed E-state index contributed by atoms with van der Waals surface area (Å²) < 4.78 is 0. The quantitative estimate of drug-likeness (QED) is 0.842. The SMILES string of the molecule is O=C(c1csc(-c2ncccn2)n1)N1CCN2CCCC[C@@H]2C1. The first-order chi connectivity index (χ1) is 11.3. The van der Waals surface area contributed by atoms with Gasteiger partial charge in [-0.25, -0.2) is 15.0 Å². The molecule has 23 heavy (non-hydrogen) atoms. The molecule has 7 heteroatoms. The Morgan fingerprint density at radius 3 is 2.91 bits per heavy atom. The normalized spacial score (nSPS) is 21.9. The second-order valence-electron chi connectivity index (χ2n) is 6.05. The topological polar surface area (TPSA) is 62.2 Å². The van der Waals surface area contributed by atoms with E-state index in [2.05, 4.69) is 19.9 Å². The van der Waals surface area contributed by atoms with Crippen molar-refractivity contribution in [3.8, 4) is 10.8 Å². The van der Waals surface area contributed by atoms with Crippen LogP contribution in [-0.4, -0.2) is 62.9 Å². The summed E-state index contributed by atoms with van der Waals surface area (Å²) in [7, 11) is 0. The molecule has 0 aliphatic carbocycles. The number of rotatable bonds is 2. The highest BCUT2D eigenvalue weighted by molar-refractivity contribution is 7.13. The third-order valence-corrected chi connectivity index (χ3v) is 5.44. The van der Waals surface area contributed by atoms with Gasteiger partial charge in [0.05, 0.1) is 0 Å². The van der Waals surface area contributed by atoms with Crippen molar-refractivity contribution < 1.29 is 4.79 Å². The number of amides is 1. The maximum Gasteiger partial charge on any atom is 0.273 e. The van der Waals surface area contributed by atoms with E-state index in [-0.39, 0.29) is 5.91 Å². The van der Waals surface area contributed by atoms with E-state index in [1.165, 1.54) is 37.1 Å². The van der Waals surface area contributed by atoms with Crippen LogP contribution in [0.2, 0.25) is 0 Å². The molecular formula is C16H19N5OS. The number of fused-ring (bicyclic) bond motifs is 1. The molecule has 1 atom stereocenters. The van der Waals surface area contributed by atoms with Gasteiger partial charge in [0, 0.05) is 43.4 Å². The Morgan fingerprint density at radius 2 is 2.04 bits per heavy atom. The van der Waals surface area contributed by atoms with Crippen LogP contribution in [0.25, 0.3) is 10.8 Å². The average molecular weight is 329 g/mol. The molecular weight excluding hydrogens is 310 g/mol. The van der Waals surface area contributed by atoms with E-state index in [4.69, 9.17) is 0 Å². The van der Waals surface area contributed by atoms with Crippen molar-refractivity contribution >= 4 is 17.2 Å². The highest BCUT2D eigenvalue weighted by Crippen LogP contribution is 2.24. The van der Waals surface area contributed by atoms with Gasteiger partial charge in [-0.3, -0.25) is 9.69 Å². The molecule has 0 saturated carbocycles. The summed E-state index contributed by atoms with van der Waals surface area (Å²) >= 11 is 1.42. The molecule has 0 unspecified atom stereocenters. The fourth-order valence-corrected chi connectivity index (χ4v) is 4.13. The minimum Gasteiger partial charge on any atom is -0.334 e. The van der Waals surface area contributed by atoms with Crippen LogP contribution in [0.3, 0.4) is 0 Å². The largest absolute Gasteiger partial charge is 0.334 e. The number of aromatic nitrogens is 3. The number of thiazole rings is 1. The van der Waals surface area contributed by atoms with Gasteiger partial charge in [0.1, 0.15) is 5.69 Å². The van der Waals surface area contributed by atoms with Crippen molar-refractivity contribution in [2.75, 3.05) is 26.2 Å². The maximum absolute atomic E-state index is 12.7. The first-order valence-electron chi connectivity index (χ1n) is 8.07. The summed E-state index contributed by atoms with van der Waals surface area (Å²) in [6, 6.07) is 2.30. The minimum atomic E-state index is 0.0358. The molecule has 4 rings (SSSR count). The lowest BCUT2D eigenvalue weighted by molar-refractivity contribution is 0.0369. The standard InChI is InChI=1S/C16H19N5OS/c22-16(21-9-8-20-7-2-1-4-12(20)10-21)13-11-23-15(19-13)14-17-5-3-6-18-14/h3,5-6,11-12H,1-2,4,7-10H2/t12-/m1/s1. The lowest BCUT2D eigenvalue weighted by Crippen LogP contribution is -2.56. The Balaban J connectivity index is 1.48. The van der Waals surface area contributed by atoms with E-state index in [0.29, 0.717) is 22.6 Å². The molecule has 0 bridgehead atoms. The summed E-state index contributed by atoms with van der Waals surface area (Å²) in [5, 5.41) is 2.52. The van der Waals surface area contributed by atoms with Crippen LogP contribution in [0.5, 0.6) is 0 Å². The molecule has 0 spiro atoms. The third-order valence-electron chi connectivity index (χ3n) is 4.60. The Kier molecular flexibility index (Phi) is 4.05. The van der Waals surface area contributed by atoms with Crippen molar-refractivity contribution in [1.82, 2.24) is 24.8 Å². The van der Waals surface area contributed by atoms with Gasteiger partial charge in [0.2, 0.25) is 0 Å². The van der Waals surface area contributed by atoms with Gasteiger partial charge in [0.15, 0.2) is 10.8 Å². The van der Waals surface area contributed by atoms with E-state index in [1.54, 1.807) is 18.5 Å². The van der Waals surface area contributed by atoms with E-state index >= 15 is 0 Å². The maximum atomic E-state index is 12.7. The summed E-state index contributed by atoms with van der Waals surface area (Å²) in [4.78, 5) is 30.0. The van der Waals surface area contributed by atoms with Gasteiger partial charge in [0.25, 0.3) is 5.91 Å². The van der Waals surface area contributed by atoms with E-state index < -0.39 is 0 Å². The van der Waals surface area contributed by atoms with Crippen LogP contribution >= 0.6 is 11.3 Å². The van der Waals surface area contributed by atoms with Crippen LogP contribution in [0.4, 0.5) is 0 Å². The van der Waals surface area contributed by atoms with Gasteiger partial charge in [-0.15, -0.1) is 11.3 Å². The smallest absolute Gasteiger partial charge is 0.273 e. The molecule has 6 nitrogen and oxygen atoms in total. The number of carbonyl (C=O) groups is 1. The first-order valence-corrected chi connectivity index (χ1v) is 8.95. The zero-order valence-corrected chi connectivity index (χ0v) is 13.7. The minimum absolute atomic E-state index is 0.0358. The van der Waals surface area contributed by atoms with Gasteiger partial charge in [-0.2, -0.15) is 0 Å². The molecule has 2 aliphatic rings. The van der Waals surface area contributed by atoms with E-state index in [9.17, 15) is 4.79 Å². The van der Waals surface area contributed by atoms with Gasteiger partial charge < -0.3 is 4.90 Å². The predicted molar refractivity (Wildman–Crippen MR) is 88.3 cm³/mol. The average Bonchev–Trinajstić information content (AvgIpc) is 3.11. The van der Waals surface area contributed by atoms with Crippen LogP contribution in [0.15, 0.2) is 23.8 Å². The second-order valence-corrected chi connectivity index (χ2v) is 6.91. The highest BCUT2D eigenvalue weighted by Gasteiger charge is 2.32. The van der Waals surface area contributed by atoms with Crippen LogP contribution in [0, 0.1) is 0 Å². The fraction of sp³-hybridized carbons (Fsp3) is 0.500. The molecule has 2 aromatic heterocycles. The molecule has 0 radical (unpaired) electrons. The zero-order valence-electron chi connectivity index (χ0n) is 12.9. The van der Waals surface area contributed by atoms with Gasteiger partial charge in [-0.1, -0.05) is 6.42 Å². The summed E-state index contributed by atoms with van der Waals surface area (Å²) in [5.74, 6) is 0.613. The Labute approximate surface area is 139 Å². The van der Waals surface area contributed by atoms with Crippen molar-refractivity contribution in [3.05, 3.63) is 29.5 Å². The highest BCUT2D eigenvalue weighted by atomic mass is 32.1. The molecule has 2 aromatic rings. The predicted octanol–water partition coefficient (Wildman–Crippen LogP) is 1.91. The third kappa shape index (κ3) is 2.98. The lowest BCUT2D eigenvalue weighted by Gasteiger charge is -2.43. The summed E-state index contributed by atoms with van der Waals surface area (Å²) in [5.41, 5.74) is 0.515. The molecule has 0 aromatic carbocycles. The fourth-order valence-electron chi connectivity index (χ4n) is 3.39. The number of carbonyl (C=O) groups excluding carboxylic acids is 1. The Bertz CT molecular complexity index is 689. The number of piperidine rings is 1. The molecule has 1 amide bonds. The van der Waals surface area contributed by atoms with Crippen LogP contribution in [-0.2, 0) is 0 Å². The summed E-state index contributed by atoms with van der Waals surface area (Å²) in [6.07, 6.45) is 7.14. The van der Waals surface area contributed by atoms with Crippen molar-refractivity contribution in [1.29, 1.82) is 0 Å². The number of nitrogens with zero attached hydrogens (tertiary/aromatic N) is 5. The number of piperazine rings is 1. The second kappa shape index (κ2) is 6.33. The number of hydrogen-bond donors (Lipinski definition) is 0. The van der Waals surface area contributed by atoms with Gasteiger partial charge in [-0.05, 0) is 25.5 Å². The van der Waals surface area contributed by atoms with Crippen molar-refractivity contribution in [2.45, 2.75) is 25.3 Å². The first kappa shape index (κ1) is 14.7. The van der Waals surface area contributed by atoms with Gasteiger partial charge >= 0.3 is 0 Å². The zero-order chi connectivity index (χ0) is 15.6.